The summed E-state index contributed by atoms with van der Waals surface area (Å²) in [7, 11) is 0. The van der Waals surface area contributed by atoms with Crippen LogP contribution in [0.3, 0.4) is 0 Å². The second-order valence-corrected chi connectivity index (χ2v) is 4.74. The molecule has 3 heterocycles. The van der Waals surface area contributed by atoms with Crippen molar-refractivity contribution >= 4 is 11.8 Å². The van der Waals surface area contributed by atoms with Crippen LogP contribution in [0.25, 0.3) is 5.52 Å². The molecule has 0 saturated carbocycles. The summed E-state index contributed by atoms with van der Waals surface area (Å²) in [5.74, 6) is 0.973. The van der Waals surface area contributed by atoms with Gasteiger partial charge < -0.3 is 9.14 Å². The summed E-state index contributed by atoms with van der Waals surface area (Å²) in [6.45, 7) is 0.855. The first-order chi connectivity index (χ1) is 8.86. The van der Waals surface area contributed by atoms with E-state index >= 15 is 0 Å². The maximum Gasteiger partial charge on any atom is 0.151 e. The third-order valence-electron chi connectivity index (χ3n) is 3.45. The van der Waals surface area contributed by atoms with E-state index in [1.807, 2.05) is 28.9 Å². The van der Waals surface area contributed by atoms with Gasteiger partial charge in [0, 0.05) is 24.8 Å². The quantitative estimate of drug-likeness (QED) is 0.778. The van der Waals surface area contributed by atoms with E-state index < -0.39 is 0 Å². The van der Waals surface area contributed by atoms with Crippen molar-refractivity contribution in [1.29, 1.82) is 0 Å². The average Bonchev–Trinajstić information content (AvgIpc) is 2.82. The van der Waals surface area contributed by atoms with Gasteiger partial charge in [-0.15, -0.1) is 0 Å². The summed E-state index contributed by atoms with van der Waals surface area (Å²) < 4.78 is 7.72. The van der Waals surface area contributed by atoms with Crippen LogP contribution >= 0.6 is 0 Å². The first-order valence-electron chi connectivity index (χ1n) is 6.39. The molecule has 0 aliphatic carbocycles. The van der Waals surface area contributed by atoms with E-state index in [2.05, 4.69) is 4.98 Å². The Balaban J connectivity index is 1.88. The van der Waals surface area contributed by atoms with Gasteiger partial charge in [-0.05, 0) is 31.4 Å². The van der Waals surface area contributed by atoms with E-state index in [0.717, 1.165) is 43.5 Å². The maximum absolute atomic E-state index is 10.8. The van der Waals surface area contributed by atoms with E-state index in [-0.39, 0.29) is 6.10 Å². The van der Waals surface area contributed by atoms with Gasteiger partial charge in [-0.3, -0.25) is 4.79 Å². The number of carbonyl (C=O) groups is 1. The number of ether oxygens (including phenoxy) is 1. The van der Waals surface area contributed by atoms with Crippen LogP contribution in [0.1, 0.15) is 35.4 Å². The molecule has 0 N–H and O–H groups in total. The number of hydrogen-bond donors (Lipinski definition) is 0. The molecule has 1 saturated heterocycles. The van der Waals surface area contributed by atoms with Crippen LogP contribution in [0.2, 0.25) is 0 Å². The highest BCUT2D eigenvalue weighted by molar-refractivity contribution is 5.75. The number of nitrogens with zero attached hydrogens (tertiary/aromatic N) is 2. The first-order valence-corrected chi connectivity index (χ1v) is 6.39. The lowest BCUT2D eigenvalue weighted by atomic mass is 10.1. The van der Waals surface area contributed by atoms with Gasteiger partial charge in [0.1, 0.15) is 5.82 Å². The molecule has 1 fully saturated rings. The van der Waals surface area contributed by atoms with Crippen molar-refractivity contribution in [2.45, 2.75) is 31.8 Å². The summed E-state index contributed by atoms with van der Waals surface area (Å²) in [6, 6.07) is 3.73. The fourth-order valence-electron chi connectivity index (χ4n) is 2.45. The highest BCUT2D eigenvalue weighted by Crippen LogP contribution is 2.18. The predicted molar refractivity (Wildman–Crippen MR) is 67.9 cm³/mol. The standard InChI is InChI=1S/C14H16N2O2/c17-10-11-4-5-12-8-15-14(16(12)9-11)7-13-3-1-2-6-18-13/h4-5,8-10,13H,1-3,6-7H2. The van der Waals surface area contributed by atoms with Gasteiger partial charge in [-0.25, -0.2) is 4.98 Å². The Morgan fingerprint density at radius 3 is 3.17 bits per heavy atom. The van der Waals surface area contributed by atoms with Crippen LogP contribution in [0.15, 0.2) is 24.5 Å². The van der Waals surface area contributed by atoms with E-state index in [1.165, 1.54) is 6.42 Å². The van der Waals surface area contributed by atoms with Gasteiger partial charge in [0.15, 0.2) is 6.29 Å². The second kappa shape index (κ2) is 4.90. The number of fused-ring (bicyclic) bond motifs is 1. The zero-order valence-electron chi connectivity index (χ0n) is 10.2. The minimum absolute atomic E-state index is 0.268. The molecule has 94 valence electrons. The Morgan fingerprint density at radius 1 is 1.44 bits per heavy atom. The Hall–Kier alpha value is -1.68. The van der Waals surface area contributed by atoms with Crippen molar-refractivity contribution < 1.29 is 9.53 Å². The minimum atomic E-state index is 0.268. The Kier molecular flexibility index (Phi) is 3.11. The van der Waals surface area contributed by atoms with E-state index in [4.69, 9.17) is 4.74 Å². The van der Waals surface area contributed by atoms with Crippen LogP contribution in [-0.4, -0.2) is 28.4 Å². The summed E-state index contributed by atoms with van der Waals surface area (Å²) in [5.41, 5.74) is 1.69. The molecule has 1 aliphatic heterocycles. The van der Waals surface area contributed by atoms with E-state index in [9.17, 15) is 4.79 Å². The van der Waals surface area contributed by atoms with Crippen LogP contribution in [0, 0.1) is 0 Å². The second-order valence-electron chi connectivity index (χ2n) is 4.74. The SMILES string of the molecule is O=Cc1ccc2cnc(CC3CCCCO3)n2c1. The third kappa shape index (κ3) is 2.16. The molecule has 1 atom stereocenters. The lowest BCUT2D eigenvalue weighted by molar-refractivity contribution is 0.0156. The summed E-state index contributed by atoms with van der Waals surface area (Å²) in [5, 5.41) is 0. The summed E-state index contributed by atoms with van der Waals surface area (Å²) >= 11 is 0. The number of rotatable bonds is 3. The molecule has 3 rings (SSSR count). The average molecular weight is 244 g/mol. The van der Waals surface area contributed by atoms with Crippen molar-refractivity contribution in [3.8, 4) is 0 Å². The minimum Gasteiger partial charge on any atom is -0.378 e. The molecule has 18 heavy (non-hydrogen) atoms. The van der Waals surface area contributed by atoms with Crippen molar-refractivity contribution in [2.24, 2.45) is 0 Å². The molecule has 1 aliphatic rings. The molecule has 0 radical (unpaired) electrons. The Bertz CT molecular complexity index is 556. The van der Waals surface area contributed by atoms with Gasteiger partial charge >= 0.3 is 0 Å². The zero-order valence-corrected chi connectivity index (χ0v) is 10.2. The van der Waals surface area contributed by atoms with E-state index in [1.54, 1.807) is 0 Å². The molecule has 0 amide bonds. The molecular formula is C14H16N2O2. The van der Waals surface area contributed by atoms with Gasteiger partial charge in [0.2, 0.25) is 0 Å². The third-order valence-corrected chi connectivity index (χ3v) is 3.45. The largest absolute Gasteiger partial charge is 0.378 e. The van der Waals surface area contributed by atoms with Gasteiger partial charge in [-0.1, -0.05) is 0 Å². The molecule has 0 spiro atoms. The van der Waals surface area contributed by atoms with Crippen LogP contribution in [-0.2, 0) is 11.2 Å². The molecule has 2 aromatic rings. The van der Waals surface area contributed by atoms with E-state index in [0.29, 0.717) is 5.56 Å². The molecule has 0 aromatic carbocycles. The topological polar surface area (TPSA) is 43.6 Å². The highest BCUT2D eigenvalue weighted by Gasteiger charge is 2.16. The fraction of sp³-hybridized carbons (Fsp3) is 0.429. The molecule has 0 bridgehead atoms. The van der Waals surface area contributed by atoms with Gasteiger partial charge in [0.25, 0.3) is 0 Å². The van der Waals surface area contributed by atoms with Crippen molar-refractivity contribution in [1.82, 2.24) is 9.38 Å². The van der Waals surface area contributed by atoms with Crippen molar-refractivity contribution in [2.75, 3.05) is 6.61 Å². The number of aromatic nitrogens is 2. The summed E-state index contributed by atoms with van der Waals surface area (Å²) in [4.78, 5) is 15.2. The first kappa shape index (κ1) is 11.4. The number of aldehydes is 1. The molecule has 1 unspecified atom stereocenters. The molecular weight excluding hydrogens is 228 g/mol. The Morgan fingerprint density at radius 2 is 2.39 bits per heavy atom. The number of imidazole rings is 1. The normalized spacial score (nSPS) is 20.1. The highest BCUT2D eigenvalue weighted by atomic mass is 16.5. The van der Waals surface area contributed by atoms with Gasteiger partial charge in [0.05, 0.1) is 17.8 Å². The molecule has 2 aromatic heterocycles. The summed E-state index contributed by atoms with van der Waals surface area (Å²) in [6.07, 6.45) is 9.12. The van der Waals surface area contributed by atoms with Crippen molar-refractivity contribution in [3.63, 3.8) is 0 Å². The molecule has 4 nitrogen and oxygen atoms in total. The maximum atomic E-state index is 10.8. The molecule has 4 heteroatoms. The predicted octanol–water partition coefficient (Wildman–Crippen LogP) is 2.26. The lowest BCUT2D eigenvalue weighted by Crippen LogP contribution is -2.22. The number of hydrogen-bond acceptors (Lipinski definition) is 3. The van der Waals surface area contributed by atoms with Crippen LogP contribution < -0.4 is 0 Å². The Labute approximate surface area is 106 Å². The fourth-order valence-corrected chi connectivity index (χ4v) is 2.45. The number of pyridine rings is 1. The lowest BCUT2D eigenvalue weighted by Gasteiger charge is -2.21. The van der Waals surface area contributed by atoms with Crippen molar-refractivity contribution in [3.05, 3.63) is 35.9 Å². The van der Waals surface area contributed by atoms with Crippen LogP contribution in [0.4, 0.5) is 0 Å². The van der Waals surface area contributed by atoms with Crippen LogP contribution in [0.5, 0.6) is 0 Å². The van der Waals surface area contributed by atoms with Gasteiger partial charge in [-0.2, -0.15) is 0 Å². The number of carbonyl (C=O) groups excluding carboxylic acids is 1. The smallest absolute Gasteiger partial charge is 0.151 e. The zero-order chi connectivity index (χ0) is 12.4. The monoisotopic (exact) mass is 244 g/mol.